The van der Waals surface area contributed by atoms with Crippen molar-refractivity contribution in [3.05, 3.63) is 57.8 Å². The van der Waals surface area contributed by atoms with Crippen molar-refractivity contribution in [3.63, 3.8) is 0 Å². The molecule has 0 aliphatic carbocycles. The van der Waals surface area contributed by atoms with Crippen LogP contribution in [0.15, 0.2) is 47.6 Å². The number of rotatable bonds is 5. The van der Waals surface area contributed by atoms with Gasteiger partial charge in [0.05, 0.1) is 20.4 Å². The minimum absolute atomic E-state index is 0.374. The normalized spacial score (nSPS) is 11.0. The number of methoxy groups -OCH3 is 2. The number of ether oxygens (including phenoxy) is 2. The zero-order valence-electron chi connectivity index (χ0n) is 13.6. The smallest absolute Gasteiger partial charge is 0.216 e. The zero-order chi connectivity index (χ0) is 17.8. The van der Waals surface area contributed by atoms with Crippen LogP contribution >= 0.6 is 23.8 Å². The highest BCUT2D eigenvalue weighted by molar-refractivity contribution is 7.71. The van der Waals surface area contributed by atoms with Gasteiger partial charge >= 0.3 is 0 Å². The molecule has 1 aromatic heterocycles. The van der Waals surface area contributed by atoms with Crippen molar-refractivity contribution in [1.82, 2.24) is 14.9 Å². The van der Waals surface area contributed by atoms with Gasteiger partial charge < -0.3 is 9.47 Å². The fourth-order valence-corrected chi connectivity index (χ4v) is 2.63. The summed E-state index contributed by atoms with van der Waals surface area (Å²) in [5.41, 5.74) is 1.59. The number of aromatic nitrogens is 3. The molecule has 3 rings (SSSR count). The highest BCUT2D eigenvalue weighted by atomic mass is 35.5. The first-order chi connectivity index (χ1) is 12.1. The second-order valence-corrected chi connectivity index (χ2v) is 5.85. The Hall–Kier alpha value is -2.64. The van der Waals surface area contributed by atoms with Crippen molar-refractivity contribution in [2.45, 2.75) is 0 Å². The molecule has 1 heterocycles. The number of H-pyrrole nitrogens is 1. The van der Waals surface area contributed by atoms with Crippen LogP contribution in [0.2, 0.25) is 5.02 Å². The Balaban J connectivity index is 2.00. The molecular formula is C17H15ClN4O2S. The molecule has 0 amide bonds. The van der Waals surface area contributed by atoms with E-state index >= 15 is 0 Å². The van der Waals surface area contributed by atoms with Crippen LogP contribution in [-0.4, -0.2) is 35.3 Å². The lowest BCUT2D eigenvalue weighted by Crippen LogP contribution is -1.97. The SMILES string of the molecule is COc1ccc(/C=N/n2c(-c3cccc(Cl)c3)n[nH]c2=S)c(OC)c1. The second kappa shape index (κ2) is 7.50. The van der Waals surface area contributed by atoms with Gasteiger partial charge in [-0.3, -0.25) is 0 Å². The first kappa shape index (κ1) is 17.2. The Kier molecular flexibility index (Phi) is 5.16. The molecule has 8 heteroatoms. The van der Waals surface area contributed by atoms with E-state index < -0.39 is 0 Å². The molecule has 128 valence electrons. The fourth-order valence-electron chi connectivity index (χ4n) is 2.26. The van der Waals surface area contributed by atoms with Crippen molar-refractivity contribution >= 4 is 30.0 Å². The first-order valence-corrected chi connectivity index (χ1v) is 8.10. The van der Waals surface area contributed by atoms with E-state index in [2.05, 4.69) is 15.3 Å². The monoisotopic (exact) mass is 374 g/mol. The first-order valence-electron chi connectivity index (χ1n) is 7.32. The Morgan fingerprint density at radius 2 is 2.04 bits per heavy atom. The summed E-state index contributed by atoms with van der Waals surface area (Å²) in [6.07, 6.45) is 1.65. The quantitative estimate of drug-likeness (QED) is 0.538. The van der Waals surface area contributed by atoms with E-state index in [0.29, 0.717) is 27.1 Å². The average molecular weight is 375 g/mol. The van der Waals surface area contributed by atoms with Gasteiger partial charge in [0.15, 0.2) is 5.82 Å². The summed E-state index contributed by atoms with van der Waals surface area (Å²) in [6.45, 7) is 0. The van der Waals surface area contributed by atoms with Gasteiger partial charge in [-0.1, -0.05) is 23.7 Å². The van der Waals surface area contributed by atoms with Crippen LogP contribution in [-0.2, 0) is 0 Å². The fraction of sp³-hybridized carbons (Fsp3) is 0.118. The molecular weight excluding hydrogens is 360 g/mol. The highest BCUT2D eigenvalue weighted by Gasteiger charge is 2.09. The van der Waals surface area contributed by atoms with Crippen molar-refractivity contribution in [2.75, 3.05) is 14.2 Å². The van der Waals surface area contributed by atoms with Crippen molar-refractivity contribution in [3.8, 4) is 22.9 Å². The topological polar surface area (TPSA) is 64.4 Å². The number of nitrogens with zero attached hydrogens (tertiary/aromatic N) is 3. The molecule has 0 atom stereocenters. The number of aromatic amines is 1. The third-order valence-corrected chi connectivity index (χ3v) is 3.99. The third-order valence-electron chi connectivity index (χ3n) is 3.49. The Bertz CT molecular complexity index is 981. The molecule has 0 spiro atoms. The van der Waals surface area contributed by atoms with Crippen LogP contribution < -0.4 is 9.47 Å². The van der Waals surface area contributed by atoms with Gasteiger partial charge in [-0.15, -0.1) is 0 Å². The second-order valence-electron chi connectivity index (χ2n) is 5.03. The summed E-state index contributed by atoms with van der Waals surface area (Å²) < 4.78 is 12.5. The number of hydrogen-bond acceptors (Lipinski definition) is 5. The molecule has 1 N–H and O–H groups in total. The predicted octanol–water partition coefficient (Wildman–Crippen LogP) is 4.16. The van der Waals surface area contributed by atoms with E-state index in [9.17, 15) is 0 Å². The average Bonchev–Trinajstić information content (AvgIpc) is 3.00. The zero-order valence-corrected chi connectivity index (χ0v) is 15.1. The minimum Gasteiger partial charge on any atom is -0.497 e. The summed E-state index contributed by atoms with van der Waals surface area (Å²) >= 11 is 11.3. The van der Waals surface area contributed by atoms with Gasteiger partial charge in [0.2, 0.25) is 4.77 Å². The molecule has 0 radical (unpaired) electrons. The highest BCUT2D eigenvalue weighted by Crippen LogP contribution is 2.24. The lowest BCUT2D eigenvalue weighted by atomic mass is 10.2. The molecule has 0 saturated heterocycles. The van der Waals surface area contributed by atoms with Gasteiger partial charge in [-0.25, -0.2) is 5.10 Å². The largest absolute Gasteiger partial charge is 0.497 e. The van der Waals surface area contributed by atoms with Crippen molar-refractivity contribution < 1.29 is 9.47 Å². The molecule has 0 unspecified atom stereocenters. The standard InChI is InChI=1S/C17H15ClN4O2S/c1-23-14-7-6-12(15(9-14)24-2)10-19-22-16(20-21-17(22)25)11-4-3-5-13(18)8-11/h3-10H,1-2H3,(H,21,25)/b19-10+. The van der Waals surface area contributed by atoms with E-state index in [-0.39, 0.29) is 0 Å². The Morgan fingerprint density at radius 3 is 2.76 bits per heavy atom. The number of halogens is 1. The number of benzene rings is 2. The molecule has 0 aliphatic heterocycles. The van der Waals surface area contributed by atoms with Gasteiger partial charge in [-0.2, -0.15) is 14.9 Å². The number of nitrogens with one attached hydrogen (secondary N) is 1. The predicted molar refractivity (Wildman–Crippen MR) is 100 cm³/mol. The molecule has 25 heavy (non-hydrogen) atoms. The Morgan fingerprint density at radius 1 is 1.20 bits per heavy atom. The van der Waals surface area contributed by atoms with Crippen LogP contribution in [0.1, 0.15) is 5.56 Å². The van der Waals surface area contributed by atoms with E-state index in [0.717, 1.165) is 11.1 Å². The van der Waals surface area contributed by atoms with Crippen molar-refractivity contribution in [1.29, 1.82) is 0 Å². The summed E-state index contributed by atoms with van der Waals surface area (Å²) in [6, 6.07) is 12.8. The summed E-state index contributed by atoms with van der Waals surface area (Å²) in [7, 11) is 3.19. The van der Waals surface area contributed by atoms with Crippen LogP contribution in [0.5, 0.6) is 11.5 Å². The van der Waals surface area contributed by atoms with Gasteiger partial charge in [0, 0.05) is 22.2 Å². The molecule has 0 fully saturated rings. The number of hydrogen-bond donors (Lipinski definition) is 1. The molecule has 3 aromatic rings. The van der Waals surface area contributed by atoms with Crippen LogP contribution in [0.3, 0.4) is 0 Å². The van der Waals surface area contributed by atoms with Gasteiger partial charge in [0.25, 0.3) is 0 Å². The molecule has 6 nitrogen and oxygen atoms in total. The van der Waals surface area contributed by atoms with E-state index in [1.54, 1.807) is 38.6 Å². The molecule has 0 saturated carbocycles. The van der Waals surface area contributed by atoms with Crippen molar-refractivity contribution in [2.24, 2.45) is 5.10 Å². The van der Waals surface area contributed by atoms with E-state index in [1.165, 1.54) is 4.68 Å². The maximum atomic E-state index is 6.05. The summed E-state index contributed by atoms with van der Waals surface area (Å²) in [5, 5.41) is 12.0. The summed E-state index contributed by atoms with van der Waals surface area (Å²) in [5.74, 6) is 1.91. The van der Waals surface area contributed by atoms with Crippen LogP contribution in [0.25, 0.3) is 11.4 Å². The van der Waals surface area contributed by atoms with Crippen LogP contribution in [0.4, 0.5) is 0 Å². The van der Waals surface area contributed by atoms with E-state index in [1.807, 2.05) is 24.3 Å². The molecule has 0 bridgehead atoms. The van der Waals surface area contributed by atoms with Crippen LogP contribution in [0, 0.1) is 4.77 Å². The summed E-state index contributed by atoms with van der Waals surface area (Å²) in [4.78, 5) is 0. The van der Waals surface area contributed by atoms with Gasteiger partial charge in [-0.05, 0) is 36.5 Å². The maximum Gasteiger partial charge on any atom is 0.216 e. The minimum atomic E-state index is 0.374. The van der Waals surface area contributed by atoms with E-state index in [4.69, 9.17) is 33.3 Å². The lowest BCUT2D eigenvalue weighted by Gasteiger charge is -2.07. The molecule has 0 aliphatic rings. The lowest BCUT2D eigenvalue weighted by molar-refractivity contribution is 0.394. The maximum absolute atomic E-state index is 6.05. The molecule has 2 aromatic carbocycles. The third kappa shape index (κ3) is 3.72. The Labute approximate surface area is 154 Å². The van der Waals surface area contributed by atoms with Gasteiger partial charge in [0.1, 0.15) is 11.5 Å².